The Balaban J connectivity index is 1.79. The van der Waals surface area contributed by atoms with E-state index in [9.17, 15) is 4.79 Å². The summed E-state index contributed by atoms with van der Waals surface area (Å²) in [6, 6.07) is 13.2. The van der Waals surface area contributed by atoms with Gasteiger partial charge in [-0.15, -0.1) is 0 Å². The Morgan fingerprint density at radius 1 is 1.10 bits per heavy atom. The van der Waals surface area contributed by atoms with Crippen molar-refractivity contribution in [1.82, 2.24) is 9.88 Å². The smallest absolute Gasteiger partial charge is 0.266 e. The van der Waals surface area contributed by atoms with Crippen molar-refractivity contribution < 1.29 is 14.3 Å². The lowest BCUT2D eigenvalue weighted by atomic mass is 10.3. The normalized spacial score (nSPS) is 11.1. The highest BCUT2D eigenvalue weighted by molar-refractivity contribution is 9.10. The third kappa shape index (κ3) is 5.71. The van der Waals surface area contributed by atoms with Crippen LogP contribution in [0.4, 0.5) is 5.13 Å². The lowest BCUT2D eigenvalue weighted by Gasteiger charge is -2.24. The summed E-state index contributed by atoms with van der Waals surface area (Å²) in [5.74, 6) is 1.16. The number of carbonyl (C=O) groups is 1. The Bertz CT molecular complexity index is 991. The number of rotatable bonds is 10. The Hall–Kier alpha value is -2.16. The molecule has 0 N–H and O–H groups in total. The SMILES string of the molecule is CCN(CC)CCN(C(=O)COc1cccc(OC)c1)c1nc2ccc(Br)cc2s1. The molecule has 6 nitrogen and oxygen atoms in total. The van der Waals surface area contributed by atoms with Crippen LogP contribution in [0.2, 0.25) is 0 Å². The average molecular weight is 492 g/mol. The predicted molar refractivity (Wildman–Crippen MR) is 126 cm³/mol. The first kappa shape index (κ1) is 22.5. The van der Waals surface area contributed by atoms with Crippen LogP contribution in [0.15, 0.2) is 46.9 Å². The molecule has 3 rings (SSSR count). The second-order valence-electron chi connectivity index (χ2n) is 6.65. The molecule has 0 saturated heterocycles. The number of halogens is 1. The van der Waals surface area contributed by atoms with E-state index in [1.165, 1.54) is 11.3 Å². The fourth-order valence-electron chi connectivity index (χ4n) is 3.02. The number of thiazole rings is 1. The molecule has 1 heterocycles. The van der Waals surface area contributed by atoms with Crippen LogP contribution in [0.1, 0.15) is 13.8 Å². The van der Waals surface area contributed by atoms with Crippen LogP contribution in [-0.2, 0) is 4.79 Å². The molecule has 0 spiro atoms. The van der Waals surface area contributed by atoms with Crippen molar-refractivity contribution in [3.8, 4) is 11.5 Å². The number of likely N-dealkylation sites (N-methyl/N-ethyl adjacent to an activating group) is 1. The van der Waals surface area contributed by atoms with Crippen LogP contribution >= 0.6 is 27.3 Å². The lowest BCUT2D eigenvalue weighted by molar-refractivity contribution is -0.120. The molecule has 0 aliphatic rings. The molecular formula is C22H26BrN3O3S. The van der Waals surface area contributed by atoms with Gasteiger partial charge in [-0.25, -0.2) is 4.98 Å². The molecule has 0 radical (unpaired) electrons. The number of nitrogens with zero attached hydrogens (tertiary/aromatic N) is 3. The summed E-state index contributed by atoms with van der Waals surface area (Å²) in [5.41, 5.74) is 0.882. The largest absolute Gasteiger partial charge is 0.497 e. The van der Waals surface area contributed by atoms with Gasteiger partial charge >= 0.3 is 0 Å². The first-order valence-electron chi connectivity index (χ1n) is 9.89. The van der Waals surface area contributed by atoms with Crippen LogP contribution in [0.25, 0.3) is 10.2 Å². The maximum absolute atomic E-state index is 13.1. The van der Waals surface area contributed by atoms with E-state index in [2.05, 4.69) is 34.7 Å². The molecule has 30 heavy (non-hydrogen) atoms. The third-order valence-electron chi connectivity index (χ3n) is 4.81. The van der Waals surface area contributed by atoms with Crippen LogP contribution in [0.3, 0.4) is 0 Å². The Morgan fingerprint density at radius 2 is 1.87 bits per heavy atom. The van der Waals surface area contributed by atoms with Crippen molar-refractivity contribution in [1.29, 1.82) is 0 Å². The van der Waals surface area contributed by atoms with Gasteiger partial charge in [0.15, 0.2) is 11.7 Å². The third-order valence-corrected chi connectivity index (χ3v) is 6.34. The number of methoxy groups -OCH3 is 1. The van der Waals surface area contributed by atoms with E-state index in [0.29, 0.717) is 23.2 Å². The lowest BCUT2D eigenvalue weighted by Crippen LogP contribution is -2.41. The first-order chi connectivity index (χ1) is 14.5. The van der Waals surface area contributed by atoms with E-state index in [0.717, 1.165) is 34.3 Å². The van der Waals surface area contributed by atoms with Crippen LogP contribution in [-0.4, -0.2) is 55.7 Å². The molecule has 0 aliphatic carbocycles. The van der Waals surface area contributed by atoms with Gasteiger partial charge in [0.1, 0.15) is 11.5 Å². The molecule has 0 saturated carbocycles. The number of hydrogen-bond donors (Lipinski definition) is 0. The van der Waals surface area contributed by atoms with Crippen LogP contribution in [0, 0.1) is 0 Å². The second-order valence-corrected chi connectivity index (χ2v) is 8.57. The van der Waals surface area contributed by atoms with Gasteiger partial charge in [-0.2, -0.15) is 0 Å². The molecule has 0 atom stereocenters. The van der Waals surface area contributed by atoms with Crippen LogP contribution in [0.5, 0.6) is 11.5 Å². The molecule has 0 aliphatic heterocycles. The summed E-state index contributed by atoms with van der Waals surface area (Å²) < 4.78 is 13.0. The van der Waals surface area contributed by atoms with Gasteiger partial charge in [-0.3, -0.25) is 9.69 Å². The number of carbonyl (C=O) groups excluding carboxylic acids is 1. The standard InChI is InChI=1S/C22H26BrN3O3S/c1-4-25(5-2)11-12-26(22-24-19-10-9-16(23)13-20(19)30-22)21(27)15-29-18-8-6-7-17(14-18)28-3/h6-10,13-14H,4-5,11-12,15H2,1-3H3. The number of hydrogen-bond acceptors (Lipinski definition) is 6. The molecule has 8 heteroatoms. The quantitative estimate of drug-likeness (QED) is 0.406. The minimum absolute atomic E-state index is 0.0644. The van der Waals surface area contributed by atoms with E-state index < -0.39 is 0 Å². The molecule has 0 bridgehead atoms. The molecule has 160 valence electrons. The van der Waals surface area contributed by atoms with Gasteiger partial charge < -0.3 is 14.4 Å². The van der Waals surface area contributed by atoms with Crippen molar-refractivity contribution in [2.75, 3.05) is 44.8 Å². The summed E-state index contributed by atoms with van der Waals surface area (Å²) >= 11 is 5.01. The highest BCUT2D eigenvalue weighted by Gasteiger charge is 2.21. The summed E-state index contributed by atoms with van der Waals surface area (Å²) in [6.45, 7) is 7.39. The topological polar surface area (TPSA) is 54.9 Å². The van der Waals surface area contributed by atoms with Gasteiger partial charge in [0, 0.05) is 23.6 Å². The zero-order chi connectivity index (χ0) is 21.5. The molecule has 1 amide bonds. The van der Waals surface area contributed by atoms with E-state index in [1.807, 2.05) is 36.4 Å². The highest BCUT2D eigenvalue weighted by Crippen LogP contribution is 2.31. The van der Waals surface area contributed by atoms with Crippen molar-refractivity contribution in [3.63, 3.8) is 0 Å². The van der Waals surface area contributed by atoms with Gasteiger partial charge in [-0.1, -0.05) is 47.2 Å². The summed E-state index contributed by atoms with van der Waals surface area (Å²) in [5, 5.41) is 0.689. The number of amides is 1. The first-order valence-corrected chi connectivity index (χ1v) is 11.5. The number of aromatic nitrogens is 1. The van der Waals surface area contributed by atoms with Crippen LogP contribution < -0.4 is 14.4 Å². The van der Waals surface area contributed by atoms with Crippen molar-refractivity contribution in [3.05, 3.63) is 46.9 Å². The van der Waals surface area contributed by atoms with E-state index in [4.69, 9.17) is 14.5 Å². The maximum atomic E-state index is 13.1. The van der Waals surface area contributed by atoms with Crippen molar-refractivity contribution in [2.24, 2.45) is 0 Å². The molecule has 3 aromatic rings. The zero-order valence-electron chi connectivity index (χ0n) is 17.4. The van der Waals surface area contributed by atoms with E-state index >= 15 is 0 Å². The maximum Gasteiger partial charge on any atom is 0.266 e. The average Bonchev–Trinajstić information content (AvgIpc) is 3.18. The fraction of sp³-hybridized carbons (Fsp3) is 0.364. The molecular weight excluding hydrogens is 466 g/mol. The second kappa shape index (κ2) is 10.7. The Kier molecular flexibility index (Phi) is 8.07. The fourth-order valence-corrected chi connectivity index (χ4v) is 4.58. The molecule has 0 unspecified atom stereocenters. The summed E-state index contributed by atoms with van der Waals surface area (Å²) in [7, 11) is 1.60. The zero-order valence-corrected chi connectivity index (χ0v) is 19.8. The van der Waals surface area contributed by atoms with Crippen molar-refractivity contribution in [2.45, 2.75) is 13.8 Å². The number of fused-ring (bicyclic) bond motifs is 1. The highest BCUT2D eigenvalue weighted by atomic mass is 79.9. The monoisotopic (exact) mass is 491 g/mol. The van der Waals surface area contributed by atoms with E-state index in [1.54, 1.807) is 18.1 Å². The van der Waals surface area contributed by atoms with Gasteiger partial charge in [0.05, 0.1) is 17.3 Å². The number of ether oxygens (including phenoxy) is 2. The Morgan fingerprint density at radius 3 is 2.60 bits per heavy atom. The molecule has 1 aromatic heterocycles. The summed E-state index contributed by atoms with van der Waals surface area (Å²) in [6.07, 6.45) is 0. The minimum Gasteiger partial charge on any atom is -0.497 e. The van der Waals surface area contributed by atoms with Crippen molar-refractivity contribution >= 4 is 48.5 Å². The molecule has 0 fully saturated rings. The predicted octanol–water partition coefficient (Wildman–Crippen LogP) is 4.82. The Labute approximate surface area is 189 Å². The minimum atomic E-state index is -0.122. The number of benzene rings is 2. The van der Waals surface area contributed by atoms with Gasteiger partial charge in [-0.05, 0) is 43.4 Å². The van der Waals surface area contributed by atoms with Gasteiger partial charge in [0.2, 0.25) is 0 Å². The van der Waals surface area contributed by atoms with E-state index in [-0.39, 0.29) is 12.5 Å². The van der Waals surface area contributed by atoms with Gasteiger partial charge in [0.25, 0.3) is 5.91 Å². The summed E-state index contributed by atoms with van der Waals surface area (Å²) in [4.78, 5) is 21.8. The molecule has 2 aromatic carbocycles. The number of anilines is 1.